The maximum atomic E-state index is 12.6. The van der Waals surface area contributed by atoms with Crippen molar-refractivity contribution in [2.45, 2.75) is 6.04 Å². The third-order valence-electron chi connectivity index (χ3n) is 4.16. The van der Waals surface area contributed by atoms with E-state index < -0.39 is 18.0 Å². The van der Waals surface area contributed by atoms with Gasteiger partial charge in [-0.1, -0.05) is 72.8 Å². The first-order valence-electron chi connectivity index (χ1n) is 8.67. The summed E-state index contributed by atoms with van der Waals surface area (Å²) in [5.74, 6) is -0.423. The van der Waals surface area contributed by atoms with E-state index in [2.05, 4.69) is 16.0 Å². The van der Waals surface area contributed by atoms with Crippen LogP contribution in [-0.2, 0) is 4.79 Å². The molecule has 0 fully saturated rings. The highest BCUT2D eigenvalue weighted by molar-refractivity contribution is 5.98. The molecule has 0 saturated heterocycles. The molecule has 3 N–H and O–H groups in total. The van der Waals surface area contributed by atoms with Gasteiger partial charge in [0.25, 0.3) is 5.91 Å². The minimum atomic E-state index is -0.689. The van der Waals surface area contributed by atoms with E-state index in [1.54, 1.807) is 0 Å². The standard InChI is InChI=1S/C22H21N3O2/c1-23-22(27)25-21(26)20(18-10-6-3-7-11-18)24-19-14-12-17(13-15-19)16-8-4-2-5-9-16/h2-15,20,24H,1H3,(H2,23,25,26,27)/t20-/m1/s1. The summed E-state index contributed by atoms with van der Waals surface area (Å²) in [6.07, 6.45) is 0. The second-order valence-electron chi connectivity index (χ2n) is 6.00. The van der Waals surface area contributed by atoms with Crippen molar-refractivity contribution in [1.82, 2.24) is 10.6 Å². The number of benzene rings is 3. The Balaban J connectivity index is 1.81. The van der Waals surface area contributed by atoms with E-state index in [9.17, 15) is 9.59 Å². The highest BCUT2D eigenvalue weighted by atomic mass is 16.2. The predicted molar refractivity (Wildman–Crippen MR) is 107 cm³/mol. The second kappa shape index (κ2) is 8.67. The molecule has 3 amide bonds. The number of carbonyl (C=O) groups excluding carboxylic acids is 2. The predicted octanol–water partition coefficient (Wildman–Crippen LogP) is 3.96. The maximum Gasteiger partial charge on any atom is 0.321 e. The number of urea groups is 1. The minimum absolute atomic E-state index is 0.423. The van der Waals surface area contributed by atoms with Gasteiger partial charge in [0.1, 0.15) is 6.04 Å². The van der Waals surface area contributed by atoms with Crippen LogP contribution in [0.3, 0.4) is 0 Å². The average Bonchev–Trinajstić information content (AvgIpc) is 2.73. The lowest BCUT2D eigenvalue weighted by atomic mass is 10.0. The lowest BCUT2D eigenvalue weighted by Gasteiger charge is -2.19. The van der Waals surface area contributed by atoms with Gasteiger partial charge in [-0.2, -0.15) is 0 Å². The highest BCUT2D eigenvalue weighted by Crippen LogP contribution is 2.24. The molecule has 0 bridgehead atoms. The molecule has 0 aliphatic carbocycles. The SMILES string of the molecule is CNC(=O)NC(=O)[C@H](Nc1ccc(-c2ccccc2)cc1)c1ccccc1. The van der Waals surface area contributed by atoms with E-state index in [-0.39, 0.29) is 0 Å². The van der Waals surface area contributed by atoms with Crippen LogP contribution in [-0.4, -0.2) is 19.0 Å². The molecule has 27 heavy (non-hydrogen) atoms. The van der Waals surface area contributed by atoms with Crippen molar-refractivity contribution in [1.29, 1.82) is 0 Å². The summed E-state index contributed by atoms with van der Waals surface area (Å²) >= 11 is 0. The quantitative estimate of drug-likeness (QED) is 0.646. The fourth-order valence-electron chi connectivity index (χ4n) is 2.75. The molecule has 136 valence electrons. The highest BCUT2D eigenvalue weighted by Gasteiger charge is 2.22. The summed E-state index contributed by atoms with van der Waals surface area (Å²) in [5.41, 5.74) is 3.77. The molecule has 5 nitrogen and oxygen atoms in total. The van der Waals surface area contributed by atoms with Gasteiger partial charge in [0.2, 0.25) is 0 Å². The number of hydrogen-bond donors (Lipinski definition) is 3. The molecule has 3 rings (SSSR count). The molecule has 3 aromatic rings. The molecule has 1 atom stereocenters. The molecule has 0 saturated carbocycles. The van der Waals surface area contributed by atoms with Crippen molar-refractivity contribution in [3.63, 3.8) is 0 Å². The fraction of sp³-hybridized carbons (Fsp3) is 0.0909. The Labute approximate surface area is 158 Å². The van der Waals surface area contributed by atoms with Crippen molar-refractivity contribution in [2.75, 3.05) is 12.4 Å². The Hall–Kier alpha value is -3.60. The van der Waals surface area contributed by atoms with Gasteiger partial charge in [0.15, 0.2) is 0 Å². The van der Waals surface area contributed by atoms with Crippen LogP contribution < -0.4 is 16.0 Å². The Bertz CT molecular complexity index is 894. The van der Waals surface area contributed by atoms with Crippen LogP contribution in [0.15, 0.2) is 84.9 Å². The third-order valence-corrected chi connectivity index (χ3v) is 4.16. The largest absolute Gasteiger partial charge is 0.370 e. The van der Waals surface area contributed by atoms with E-state index in [1.807, 2.05) is 84.9 Å². The molecule has 5 heteroatoms. The molecule has 0 aliphatic heterocycles. The third kappa shape index (κ3) is 4.73. The molecule has 0 heterocycles. The van der Waals surface area contributed by atoms with Crippen molar-refractivity contribution < 1.29 is 9.59 Å². The van der Waals surface area contributed by atoms with Gasteiger partial charge in [-0.05, 0) is 28.8 Å². The van der Waals surface area contributed by atoms with Gasteiger partial charge in [-0.15, -0.1) is 0 Å². The van der Waals surface area contributed by atoms with Crippen molar-refractivity contribution >= 4 is 17.6 Å². The van der Waals surface area contributed by atoms with Crippen LogP contribution in [0.5, 0.6) is 0 Å². The summed E-state index contributed by atoms with van der Waals surface area (Å²) in [6.45, 7) is 0. The van der Waals surface area contributed by atoms with Gasteiger partial charge in [0, 0.05) is 12.7 Å². The summed E-state index contributed by atoms with van der Waals surface area (Å²) in [5, 5.41) is 7.94. The number of nitrogens with one attached hydrogen (secondary N) is 3. The van der Waals surface area contributed by atoms with E-state index >= 15 is 0 Å². The van der Waals surface area contributed by atoms with Crippen LogP contribution in [0.25, 0.3) is 11.1 Å². The number of hydrogen-bond acceptors (Lipinski definition) is 3. The van der Waals surface area contributed by atoms with Crippen LogP contribution >= 0.6 is 0 Å². The van der Waals surface area contributed by atoms with Crippen molar-refractivity contribution in [2.24, 2.45) is 0 Å². The van der Waals surface area contributed by atoms with Crippen LogP contribution in [0, 0.1) is 0 Å². The molecular weight excluding hydrogens is 338 g/mol. The van der Waals surface area contributed by atoms with Gasteiger partial charge >= 0.3 is 6.03 Å². The first kappa shape index (κ1) is 18.2. The molecule has 3 aromatic carbocycles. The number of amides is 3. The van der Waals surface area contributed by atoms with Gasteiger partial charge in [0.05, 0.1) is 0 Å². The monoisotopic (exact) mass is 359 g/mol. The van der Waals surface area contributed by atoms with Gasteiger partial charge in [-0.3, -0.25) is 10.1 Å². The molecular formula is C22H21N3O2. The van der Waals surface area contributed by atoms with Crippen LogP contribution in [0.1, 0.15) is 11.6 Å². The lowest BCUT2D eigenvalue weighted by Crippen LogP contribution is -2.42. The first-order chi connectivity index (χ1) is 13.2. The lowest BCUT2D eigenvalue weighted by molar-refractivity contribution is -0.120. The Kier molecular flexibility index (Phi) is 5.84. The van der Waals surface area contributed by atoms with Gasteiger partial charge in [-0.25, -0.2) is 4.79 Å². The summed E-state index contributed by atoms with van der Waals surface area (Å²) in [6, 6.07) is 26.0. The molecule has 0 aromatic heterocycles. The van der Waals surface area contributed by atoms with E-state index in [1.165, 1.54) is 7.05 Å². The number of anilines is 1. The Morgan fingerprint density at radius 2 is 1.30 bits per heavy atom. The summed E-state index contributed by atoms with van der Waals surface area (Å²) in [7, 11) is 1.47. The van der Waals surface area contributed by atoms with E-state index in [0.717, 1.165) is 22.4 Å². The minimum Gasteiger partial charge on any atom is -0.370 e. The van der Waals surface area contributed by atoms with Crippen molar-refractivity contribution in [3.8, 4) is 11.1 Å². The molecule has 0 aliphatic rings. The molecule has 0 spiro atoms. The summed E-state index contributed by atoms with van der Waals surface area (Å²) in [4.78, 5) is 24.1. The zero-order valence-electron chi connectivity index (χ0n) is 15.0. The van der Waals surface area contributed by atoms with Crippen molar-refractivity contribution in [3.05, 3.63) is 90.5 Å². The topological polar surface area (TPSA) is 70.2 Å². The maximum absolute atomic E-state index is 12.6. The molecule has 0 radical (unpaired) electrons. The fourth-order valence-corrected chi connectivity index (χ4v) is 2.75. The van der Waals surface area contributed by atoms with Crippen LogP contribution in [0.2, 0.25) is 0 Å². The Morgan fingerprint density at radius 3 is 1.89 bits per heavy atom. The zero-order valence-corrected chi connectivity index (χ0v) is 15.0. The number of imide groups is 1. The van der Waals surface area contributed by atoms with E-state index in [0.29, 0.717) is 0 Å². The van der Waals surface area contributed by atoms with E-state index in [4.69, 9.17) is 0 Å². The van der Waals surface area contributed by atoms with Crippen LogP contribution in [0.4, 0.5) is 10.5 Å². The van der Waals surface area contributed by atoms with Gasteiger partial charge < -0.3 is 10.6 Å². The first-order valence-corrected chi connectivity index (χ1v) is 8.67. The number of carbonyl (C=O) groups is 2. The zero-order chi connectivity index (χ0) is 19.1. The second-order valence-corrected chi connectivity index (χ2v) is 6.00. The normalized spacial score (nSPS) is 11.3. The Morgan fingerprint density at radius 1 is 0.741 bits per heavy atom. The number of rotatable bonds is 5. The average molecular weight is 359 g/mol. The molecule has 0 unspecified atom stereocenters. The summed E-state index contributed by atoms with van der Waals surface area (Å²) < 4.78 is 0. The smallest absolute Gasteiger partial charge is 0.321 e.